The molecule has 2 amide bonds. The maximum atomic E-state index is 13.1. The van der Waals surface area contributed by atoms with Crippen LogP contribution in [-0.4, -0.2) is 60.3 Å². The Kier molecular flexibility index (Phi) is 10.3. The fraction of sp³-hybridized carbons (Fsp3) is 0.571. The molecule has 0 aromatic heterocycles. The first-order valence-electron chi connectivity index (χ1n) is 9.74. The second-order valence-electron chi connectivity index (χ2n) is 7.16. The zero-order chi connectivity index (χ0) is 22.0. The van der Waals surface area contributed by atoms with E-state index in [-0.39, 0.29) is 31.4 Å². The molecule has 0 heterocycles. The number of primary amides is 1. The lowest BCUT2D eigenvalue weighted by atomic mass is 9.97. The van der Waals surface area contributed by atoms with Gasteiger partial charge in [0.25, 0.3) is 0 Å². The quantitative estimate of drug-likeness (QED) is 0.505. The van der Waals surface area contributed by atoms with Gasteiger partial charge in [-0.25, -0.2) is 4.79 Å². The maximum Gasteiger partial charge on any atom is 0.337 e. The van der Waals surface area contributed by atoms with Gasteiger partial charge in [0.1, 0.15) is 6.10 Å². The minimum Gasteiger partial charge on any atom is -0.464 e. The number of amides is 2. The van der Waals surface area contributed by atoms with E-state index in [9.17, 15) is 19.5 Å². The van der Waals surface area contributed by atoms with Crippen LogP contribution in [-0.2, 0) is 23.9 Å². The van der Waals surface area contributed by atoms with Crippen molar-refractivity contribution in [1.82, 2.24) is 4.90 Å². The molecule has 1 rings (SSSR count). The molecular formula is C21H32N2O6. The average Bonchev–Trinajstić information content (AvgIpc) is 2.69. The Labute approximate surface area is 172 Å². The minimum atomic E-state index is -1.58. The number of carbonyl (C=O) groups is 3. The van der Waals surface area contributed by atoms with E-state index in [0.717, 1.165) is 0 Å². The second-order valence-corrected chi connectivity index (χ2v) is 7.16. The first-order chi connectivity index (χ1) is 13.7. The Morgan fingerprint density at radius 1 is 1.17 bits per heavy atom. The molecule has 0 saturated carbocycles. The third-order valence-electron chi connectivity index (χ3n) is 4.49. The first kappa shape index (κ1) is 24.6. The van der Waals surface area contributed by atoms with Crippen LogP contribution in [0.3, 0.4) is 0 Å². The van der Waals surface area contributed by atoms with Crippen molar-refractivity contribution >= 4 is 17.8 Å². The van der Waals surface area contributed by atoms with E-state index in [4.69, 9.17) is 15.2 Å². The number of aliphatic hydroxyl groups is 1. The third-order valence-corrected chi connectivity index (χ3v) is 4.49. The lowest BCUT2D eigenvalue weighted by Gasteiger charge is -2.36. The lowest BCUT2D eigenvalue weighted by molar-refractivity contribution is -0.162. The predicted octanol–water partition coefficient (Wildman–Crippen LogP) is 1.42. The summed E-state index contributed by atoms with van der Waals surface area (Å²) >= 11 is 0. The van der Waals surface area contributed by atoms with E-state index in [1.807, 2.05) is 13.8 Å². The number of carbonyl (C=O) groups excluding carboxylic acids is 3. The summed E-state index contributed by atoms with van der Waals surface area (Å²) in [6.45, 7) is 5.43. The number of nitrogens with two attached hydrogens (primary N) is 1. The topological polar surface area (TPSA) is 119 Å². The lowest BCUT2D eigenvalue weighted by Crippen LogP contribution is -2.50. The number of benzene rings is 1. The van der Waals surface area contributed by atoms with Crippen LogP contribution < -0.4 is 5.73 Å². The standard InChI is InChI=1S/C21H32N2O6/c1-5-29-21(27)19(28-4)18(15-9-7-6-8-10-15)23(13-16(24)20(22)26)17(25)12-11-14(2)3/h6-10,14,16,18-19,24H,5,11-13H2,1-4H3,(H2,22,26)/t16?,18?,19-/m0/s1. The summed E-state index contributed by atoms with van der Waals surface area (Å²) in [6.07, 6.45) is -1.92. The molecule has 2 unspecified atom stereocenters. The number of hydrogen-bond acceptors (Lipinski definition) is 6. The highest BCUT2D eigenvalue weighted by atomic mass is 16.6. The van der Waals surface area contributed by atoms with Gasteiger partial charge in [-0.3, -0.25) is 9.59 Å². The smallest absolute Gasteiger partial charge is 0.337 e. The third kappa shape index (κ3) is 7.47. The average molecular weight is 408 g/mol. The van der Waals surface area contributed by atoms with Gasteiger partial charge < -0.3 is 25.2 Å². The molecule has 0 aliphatic carbocycles. The van der Waals surface area contributed by atoms with Crippen molar-refractivity contribution in [3.05, 3.63) is 35.9 Å². The normalized spacial score (nSPS) is 14.1. The fourth-order valence-electron chi connectivity index (χ4n) is 2.95. The van der Waals surface area contributed by atoms with Gasteiger partial charge in [0, 0.05) is 13.5 Å². The summed E-state index contributed by atoms with van der Waals surface area (Å²) in [7, 11) is 1.35. The van der Waals surface area contributed by atoms with E-state index in [2.05, 4.69) is 0 Å². The molecule has 0 aliphatic rings. The molecule has 0 radical (unpaired) electrons. The Hall–Kier alpha value is -2.45. The molecule has 3 N–H and O–H groups in total. The van der Waals surface area contributed by atoms with Gasteiger partial charge in [-0.2, -0.15) is 0 Å². The van der Waals surface area contributed by atoms with Crippen molar-refractivity contribution < 1.29 is 29.0 Å². The number of hydrogen-bond donors (Lipinski definition) is 2. The molecule has 0 aliphatic heterocycles. The van der Waals surface area contributed by atoms with E-state index >= 15 is 0 Å². The molecule has 8 heteroatoms. The molecule has 0 fully saturated rings. The van der Waals surface area contributed by atoms with Crippen LogP contribution in [0.5, 0.6) is 0 Å². The van der Waals surface area contributed by atoms with E-state index in [1.54, 1.807) is 37.3 Å². The van der Waals surface area contributed by atoms with Crippen molar-refractivity contribution in [3.8, 4) is 0 Å². The van der Waals surface area contributed by atoms with Crippen LogP contribution >= 0.6 is 0 Å². The largest absolute Gasteiger partial charge is 0.464 e. The molecule has 8 nitrogen and oxygen atoms in total. The van der Waals surface area contributed by atoms with Crippen LogP contribution in [0.4, 0.5) is 0 Å². The van der Waals surface area contributed by atoms with E-state index in [0.29, 0.717) is 12.0 Å². The number of rotatable bonds is 12. The molecule has 0 spiro atoms. The van der Waals surface area contributed by atoms with Crippen molar-refractivity contribution in [1.29, 1.82) is 0 Å². The minimum absolute atomic E-state index is 0.144. The molecule has 0 saturated heterocycles. The zero-order valence-electron chi connectivity index (χ0n) is 17.5. The molecule has 162 valence electrons. The van der Waals surface area contributed by atoms with Gasteiger partial charge in [0.2, 0.25) is 11.8 Å². The molecular weight excluding hydrogens is 376 g/mol. The summed E-state index contributed by atoms with van der Waals surface area (Å²) in [5.74, 6) is -1.64. The molecule has 0 bridgehead atoms. The van der Waals surface area contributed by atoms with Crippen molar-refractivity contribution in [2.75, 3.05) is 20.3 Å². The molecule has 3 atom stereocenters. The van der Waals surface area contributed by atoms with Gasteiger partial charge in [-0.1, -0.05) is 44.2 Å². The van der Waals surface area contributed by atoms with Gasteiger partial charge >= 0.3 is 5.97 Å². The van der Waals surface area contributed by atoms with Gasteiger partial charge in [0.15, 0.2) is 6.10 Å². The van der Waals surface area contributed by atoms with Crippen molar-refractivity contribution in [2.24, 2.45) is 11.7 Å². The SMILES string of the molecule is CCOC(=O)[C@@H](OC)C(c1ccccc1)N(CC(O)C(N)=O)C(=O)CCC(C)C. The Bertz CT molecular complexity index is 664. The number of esters is 1. The van der Waals surface area contributed by atoms with Crippen molar-refractivity contribution in [3.63, 3.8) is 0 Å². The Morgan fingerprint density at radius 3 is 2.28 bits per heavy atom. The van der Waals surface area contributed by atoms with Gasteiger partial charge in [0.05, 0.1) is 19.2 Å². The number of methoxy groups -OCH3 is 1. The summed E-state index contributed by atoms with van der Waals surface area (Å²) < 4.78 is 10.5. The van der Waals surface area contributed by atoms with Crippen LogP contribution in [0, 0.1) is 5.92 Å². The maximum absolute atomic E-state index is 13.1. The van der Waals surface area contributed by atoms with Crippen LogP contribution in [0.25, 0.3) is 0 Å². The van der Waals surface area contributed by atoms with Crippen LogP contribution in [0.15, 0.2) is 30.3 Å². The van der Waals surface area contributed by atoms with Gasteiger partial charge in [-0.15, -0.1) is 0 Å². The second kappa shape index (κ2) is 12.2. The number of aliphatic hydroxyl groups excluding tert-OH is 1. The van der Waals surface area contributed by atoms with E-state index in [1.165, 1.54) is 12.0 Å². The predicted molar refractivity (Wildman–Crippen MR) is 108 cm³/mol. The van der Waals surface area contributed by atoms with E-state index < -0.39 is 30.1 Å². The summed E-state index contributed by atoms with van der Waals surface area (Å²) in [6, 6.07) is 7.93. The highest BCUT2D eigenvalue weighted by Crippen LogP contribution is 2.29. The first-order valence-corrected chi connectivity index (χ1v) is 9.74. The van der Waals surface area contributed by atoms with Crippen molar-refractivity contribution in [2.45, 2.75) is 51.9 Å². The van der Waals surface area contributed by atoms with Gasteiger partial charge in [-0.05, 0) is 24.8 Å². The Balaban J connectivity index is 3.41. The molecule has 1 aromatic carbocycles. The zero-order valence-corrected chi connectivity index (χ0v) is 17.5. The monoisotopic (exact) mass is 408 g/mol. The Morgan fingerprint density at radius 2 is 1.79 bits per heavy atom. The highest BCUT2D eigenvalue weighted by Gasteiger charge is 2.39. The number of ether oxygens (including phenoxy) is 2. The van der Waals surface area contributed by atoms with Crippen LogP contribution in [0.2, 0.25) is 0 Å². The fourth-order valence-corrected chi connectivity index (χ4v) is 2.95. The number of nitrogens with zero attached hydrogens (tertiary/aromatic N) is 1. The summed E-state index contributed by atoms with van der Waals surface area (Å²) in [5, 5.41) is 10.1. The summed E-state index contributed by atoms with van der Waals surface area (Å²) in [4.78, 5) is 38.4. The molecule has 1 aromatic rings. The summed E-state index contributed by atoms with van der Waals surface area (Å²) in [5.41, 5.74) is 5.82. The molecule has 29 heavy (non-hydrogen) atoms. The highest BCUT2D eigenvalue weighted by molar-refractivity contribution is 5.82. The van der Waals surface area contributed by atoms with Crippen LogP contribution in [0.1, 0.15) is 45.2 Å².